The molecule has 0 unspecified atom stereocenters. The van der Waals surface area contributed by atoms with Crippen molar-refractivity contribution in [1.29, 1.82) is 0 Å². The number of thiophene rings is 1. The Morgan fingerprint density at radius 3 is 2.64 bits per heavy atom. The summed E-state index contributed by atoms with van der Waals surface area (Å²) in [6.45, 7) is 3.45. The number of hydrogen-bond acceptors (Lipinski definition) is 3. The Balaban J connectivity index is 2.80. The predicted octanol–water partition coefficient (Wildman–Crippen LogP) is 2.83. The zero-order valence-electron chi connectivity index (χ0n) is 8.11. The second-order valence-electron chi connectivity index (χ2n) is 3.86. The van der Waals surface area contributed by atoms with Crippen molar-refractivity contribution in [1.82, 2.24) is 0 Å². The minimum Gasteiger partial charge on any atom is -0.507 e. The zero-order chi connectivity index (χ0) is 10.3. The lowest BCUT2D eigenvalue weighted by atomic mass is 9.97. The Morgan fingerprint density at radius 1 is 1.29 bits per heavy atom. The van der Waals surface area contributed by atoms with Crippen molar-refractivity contribution in [2.24, 2.45) is 0 Å². The molecule has 2 N–H and O–H groups in total. The highest BCUT2D eigenvalue weighted by atomic mass is 32.1. The summed E-state index contributed by atoms with van der Waals surface area (Å²) in [6.07, 6.45) is 0. The summed E-state index contributed by atoms with van der Waals surface area (Å²) >= 11 is 1.53. The molecular weight excluding hydrogens is 196 g/mol. The average molecular weight is 208 g/mol. The quantitative estimate of drug-likeness (QED) is 0.756. The summed E-state index contributed by atoms with van der Waals surface area (Å²) < 4.78 is 1.00. The zero-order valence-corrected chi connectivity index (χ0v) is 8.93. The van der Waals surface area contributed by atoms with Gasteiger partial charge in [0.05, 0.1) is 5.60 Å². The van der Waals surface area contributed by atoms with Crippen LogP contribution in [-0.2, 0) is 5.60 Å². The molecule has 14 heavy (non-hydrogen) atoms. The van der Waals surface area contributed by atoms with Crippen LogP contribution >= 0.6 is 11.3 Å². The Kier molecular flexibility index (Phi) is 2.01. The van der Waals surface area contributed by atoms with E-state index in [0.717, 1.165) is 15.6 Å². The highest BCUT2D eigenvalue weighted by Crippen LogP contribution is 2.38. The smallest absolute Gasteiger partial charge is 0.124 e. The topological polar surface area (TPSA) is 40.5 Å². The van der Waals surface area contributed by atoms with E-state index in [0.29, 0.717) is 0 Å². The van der Waals surface area contributed by atoms with E-state index >= 15 is 0 Å². The number of fused-ring (bicyclic) bond motifs is 1. The van der Waals surface area contributed by atoms with Gasteiger partial charge in [0.1, 0.15) is 5.75 Å². The van der Waals surface area contributed by atoms with Gasteiger partial charge in [0, 0.05) is 15.6 Å². The maximum absolute atomic E-state index is 9.90. The van der Waals surface area contributed by atoms with Crippen LogP contribution in [0.15, 0.2) is 23.6 Å². The van der Waals surface area contributed by atoms with Crippen LogP contribution in [-0.4, -0.2) is 10.2 Å². The van der Waals surface area contributed by atoms with Gasteiger partial charge in [-0.2, -0.15) is 0 Å². The lowest BCUT2D eigenvalue weighted by Gasteiger charge is -2.16. The van der Waals surface area contributed by atoms with E-state index < -0.39 is 5.60 Å². The first-order valence-electron chi connectivity index (χ1n) is 4.42. The van der Waals surface area contributed by atoms with E-state index in [1.54, 1.807) is 19.9 Å². The van der Waals surface area contributed by atoms with Crippen molar-refractivity contribution >= 4 is 21.4 Å². The van der Waals surface area contributed by atoms with E-state index in [1.165, 1.54) is 11.3 Å². The monoisotopic (exact) mass is 208 g/mol. The molecule has 0 spiro atoms. The maximum Gasteiger partial charge on any atom is 0.124 e. The molecule has 0 aliphatic rings. The van der Waals surface area contributed by atoms with Gasteiger partial charge in [-0.1, -0.05) is 6.07 Å². The van der Waals surface area contributed by atoms with Gasteiger partial charge in [-0.05, 0) is 31.4 Å². The molecule has 2 rings (SSSR count). The molecule has 3 heteroatoms. The van der Waals surface area contributed by atoms with Gasteiger partial charge in [-0.3, -0.25) is 0 Å². The molecule has 0 saturated carbocycles. The minimum atomic E-state index is -0.906. The summed E-state index contributed by atoms with van der Waals surface area (Å²) in [7, 11) is 0. The summed E-state index contributed by atoms with van der Waals surface area (Å²) in [5.74, 6) is 0.237. The molecule has 1 aromatic carbocycles. The maximum atomic E-state index is 9.90. The van der Waals surface area contributed by atoms with Crippen molar-refractivity contribution in [3.8, 4) is 5.75 Å². The number of phenolic OH excluding ortho intramolecular Hbond substituents is 1. The van der Waals surface area contributed by atoms with Gasteiger partial charge in [-0.25, -0.2) is 0 Å². The van der Waals surface area contributed by atoms with E-state index in [4.69, 9.17) is 0 Å². The van der Waals surface area contributed by atoms with Gasteiger partial charge in [0.2, 0.25) is 0 Å². The number of aromatic hydroxyl groups is 1. The summed E-state index contributed by atoms with van der Waals surface area (Å²) in [5.41, 5.74) is -0.118. The predicted molar refractivity (Wildman–Crippen MR) is 58.7 cm³/mol. The second kappa shape index (κ2) is 2.97. The van der Waals surface area contributed by atoms with E-state index in [9.17, 15) is 10.2 Å². The molecule has 0 amide bonds. The van der Waals surface area contributed by atoms with Gasteiger partial charge >= 0.3 is 0 Å². The Hall–Kier alpha value is -1.06. The van der Waals surface area contributed by atoms with Crippen LogP contribution in [0.3, 0.4) is 0 Å². The number of phenols is 1. The van der Waals surface area contributed by atoms with E-state index in [1.807, 2.05) is 17.5 Å². The molecule has 0 bridgehead atoms. The number of rotatable bonds is 1. The third-order valence-corrected chi connectivity index (χ3v) is 3.18. The fourth-order valence-electron chi connectivity index (χ4n) is 1.52. The highest BCUT2D eigenvalue weighted by molar-refractivity contribution is 7.17. The lowest BCUT2D eigenvalue weighted by molar-refractivity contribution is 0.0804. The van der Waals surface area contributed by atoms with Crippen molar-refractivity contribution in [2.75, 3.05) is 0 Å². The molecule has 0 aliphatic heterocycles. The lowest BCUT2D eigenvalue weighted by Crippen LogP contribution is -2.14. The Labute approximate surface area is 86.4 Å². The first-order valence-corrected chi connectivity index (χ1v) is 5.30. The minimum absolute atomic E-state index is 0.237. The number of aliphatic hydroxyl groups is 1. The van der Waals surface area contributed by atoms with Crippen LogP contribution in [0.25, 0.3) is 10.1 Å². The molecular formula is C11H12O2S. The van der Waals surface area contributed by atoms with Crippen molar-refractivity contribution in [2.45, 2.75) is 19.4 Å². The van der Waals surface area contributed by atoms with Crippen LogP contribution in [0.2, 0.25) is 0 Å². The largest absolute Gasteiger partial charge is 0.507 e. The molecule has 74 valence electrons. The molecule has 2 aromatic rings. The number of benzene rings is 1. The van der Waals surface area contributed by atoms with Crippen molar-refractivity contribution in [3.05, 3.63) is 29.1 Å². The van der Waals surface area contributed by atoms with Crippen LogP contribution in [0, 0.1) is 0 Å². The van der Waals surface area contributed by atoms with Gasteiger partial charge in [0.25, 0.3) is 0 Å². The summed E-state index contributed by atoms with van der Waals surface area (Å²) in [5, 5.41) is 22.3. The second-order valence-corrected chi connectivity index (χ2v) is 4.77. The summed E-state index contributed by atoms with van der Waals surface area (Å²) in [4.78, 5) is 0. The third-order valence-electron chi connectivity index (χ3n) is 2.24. The standard InChI is InChI=1S/C11H12O2S/c1-11(2,13)7-6-14-9-5-3-4-8(12)10(7)9/h3-6,12-13H,1-2H3. The van der Waals surface area contributed by atoms with Crippen LogP contribution in [0.5, 0.6) is 5.75 Å². The molecule has 2 nitrogen and oxygen atoms in total. The fraction of sp³-hybridized carbons (Fsp3) is 0.273. The Morgan fingerprint density at radius 2 is 2.00 bits per heavy atom. The molecule has 0 saturated heterocycles. The van der Waals surface area contributed by atoms with Crippen molar-refractivity contribution < 1.29 is 10.2 Å². The third kappa shape index (κ3) is 1.38. The first kappa shape index (κ1) is 9.49. The van der Waals surface area contributed by atoms with E-state index in [2.05, 4.69) is 0 Å². The normalized spacial score (nSPS) is 12.2. The van der Waals surface area contributed by atoms with Gasteiger partial charge < -0.3 is 10.2 Å². The Bertz CT molecular complexity index is 466. The number of hydrogen-bond donors (Lipinski definition) is 2. The molecule has 0 radical (unpaired) electrons. The first-order chi connectivity index (χ1) is 6.50. The average Bonchev–Trinajstić information content (AvgIpc) is 2.47. The molecule has 0 atom stereocenters. The molecule has 0 aliphatic carbocycles. The van der Waals surface area contributed by atoms with Crippen molar-refractivity contribution in [3.63, 3.8) is 0 Å². The molecule has 1 heterocycles. The molecule has 0 fully saturated rings. The van der Waals surface area contributed by atoms with Crippen LogP contribution in [0.1, 0.15) is 19.4 Å². The van der Waals surface area contributed by atoms with Gasteiger partial charge in [-0.15, -0.1) is 11.3 Å². The highest BCUT2D eigenvalue weighted by Gasteiger charge is 2.21. The van der Waals surface area contributed by atoms with Crippen LogP contribution in [0.4, 0.5) is 0 Å². The van der Waals surface area contributed by atoms with Crippen LogP contribution < -0.4 is 0 Å². The van der Waals surface area contributed by atoms with Gasteiger partial charge in [0.15, 0.2) is 0 Å². The fourth-order valence-corrected chi connectivity index (χ4v) is 2.66. The van der Waals surface area contributed by atoms with E-state index in [-0.39, 0.29) is 5.75 Å². The molecule has 1 aromatic heterocycles. The SMILES string of the molecule is CC(C)(O)c1csc2cccc(O)c12. The summed E-state index contributed by atoms with van der Waals surface area (Å²) in [6, 6.07) is 5.39.